The number of carbonyl (C=O) groups is 2. The maximum absolute atomic E-state index is 13.0. The predicted octanol–water partition coefficient (Wildman–Crippen LogP) is 2.93. The van der Waals surface area contributed by atoms with E-state index >= 15 is 0 Å². The smallest absolute Gasteiger partial charge is 0.225 e. The molecule has 0 bridgehead atoms. The average molecular weight is 408 g/mol. The van der Waals surface area contributed by atoms with E-state index in [9.17, 15) is 9.59 Å². The number of nitrogens with one attached hydrogen (secondary N) is 1. The zero-order chi connectivity index (χ0) is 21.5. The summed E-state index contributed by atoms with van der Waals surface area (Å²) in [6.07, 6.45) is 7.24. The summed E-state index contributed by atoms with van der Waals surface area (Å²) in [6.45, 7) is 8.85. The van der Waals surface area contributed by atoms with Crippen LogP contribution in [0, 0.1) is 11.3 Å². The van der Waals surface area contributed by atoms with Crippen molar-refractivity contribution in [3.63, 3.8) is 0 Å². The Hall–Kier alpha value is -2.83. The minimum Gasteiger partial charge on any atom is -0.349 e. The molecule has 2 unspecified atom stereocenters. The fraction of sp³-hybridized carbons (Fsp3) is 0.522. The van der Waals surface area contributed by atoms with Crippen LogP contribution in [0.2, 0.25) is 0 Å². The zero-order valence-electron chi connectivity index (χ0n) is 18.1. The number of hydrogen-bond acceptors (Lipinski definition) is 5. The highest BCUT2D eigenvalue weighted by Crippen LogP contribution is 2.40. The molecule has 1 aliphatic heterocycles. The SMILES string of the molecule is CC(C)N1CC(C(=O)NC2CC(C)(C)Cc3nc(-c4ccncc4)ncc32)CC1=O. The lowest BCUT2D eigenvalue weighted by Crippen LogP contribution is -2.41. The Labute approximate surface area is 177 Å². The van der Waals surface area contributed by atoms with Crippen LogP contribution in [0.15, 0.2) is 30.7 Å². The summed E-state index contributed by atoms with van der Waals surface area (Å²) < 4.78 is 0. The van der Waals surface area contributed by atoms with Crippen molar-refractivity contribution < 1.29 is 9.59 Å². The monoisotopic (exact) mass is 407 g/mol. The molecule has 1 fully saturated rings. The predicted molar refractivity (Wildman–Crippen MR) is 113 cm³/mol. The number of rotatable bonds is 4. The molecule has 2 amide bonds. The van der Waals surface area contributed by atoms with Crippen LogP contribution in [0.1, 0.15) is 57.8 Å². The standard InChI is InChI=1S/C23H29N5O2/c1-14(2)28-13-16(9-20(28)29)22(30)27-19-11-23(3,4)10-18-17(19)12-25-21(26-18)15-5-7-24-8-6-15/h5-8,12,14,16,19H,9-11,13H2,1-4H3,(H,27,30). The van der Waals surface area contributed by atoms with E-state index in [0.717, 1.165) is 29.7 Å². The molecule has 0 saturated carbocycles. The Morgan fingerprint density at radius 1 is 1.27 bits per heavy atom. The quantitative estimate of drug-likeness (QED) is 0.842. The normalized spacial score (nSPS) is 22.8. The van der Waals surface area contributed by atoms with Gasteiger partial charge in [0.15, 0.2) is 5.82 Å². The minimum atomic E-state index is -0.301. The van der Waals surface area contributed by atoms with Crippen LogP contribution in [0.4, 0.5) is 0 Å². The minimum absolute atomic E-state index is 0.00424. The maximum Gasteiger partial charge on any atom is 0.225 e. The molecule has 2 aliphatic rings. The van der Waals surface area contributed by atoms with Gasteiger partial charge in [-0.05, 0) is 44.2 Å². The van der Waals surface area contributed by atoms with E-state index in [4.69, 9.17) is 4.98 Å². The Balaban J connectivity index is 1.56. The number of hydrogen-bond donors (Lipinski definition) is 1. The molecule has 7 heteroatoms. The summed E-state index contributed by atoms with van der Waals surface area (Å²) in [5, 5.41) is 3.20. The first kappa shape index (κ1) is 20.4. The second-order valence-electron chi connectivity index (χ2n) is 9.48. The Morgan fingerprint density at radius 3 is 2.67 bits per heavy atom. The van der Waals surface area contributed by atoms with Crippen molar-refractivity contribution >= 4 is 11.8 Å². The van der Waals surface area contributed by atoms with Crippen molar-refractivity contribution in [1.29, 1.82) is 0 Å². The van der Waals surface area contributed by atoms with Gasteiger partial charge in [-0.15, -0.1) is 0 Å². The van der Waals surface area contributed by atoms with Crippen molar-refractivity contribution in [1.82, 2.24) is 25.2 Å². The largest absolute Gasteiger partial charge is 0.349 e. The highest BCUT2D eigenvalue weighted by Gasteiger charge is 2.39. The van der Waals surface area contributed by atoms with Crippen LogP contribution in [0.3, 0.4) is 0 Å². The van der Waals surface area contributed by atoms with Gasteiger partial charge in [-0.25, -0.2) is 9.97 Å². The summed E-state index contributed by atoms with van der Waals surface area (Å²) >= 11 is 0. The molecule has 1 aliphatic carbocycles. The molecule has 1 N–H and O–H groups in total. The molecular formula is C23H29N5O2. The van der Waals surface area contributed by atoms with E-state index in [-0.39, 0.29) is 41.7 Å². The number of likely N-dealkylation sites (tertiary alicyclic amines) is 1. The lowest BCUT2D eigenvalue weighted by Gasteiger charge is -2.37. The van der Waals surface area contributed by atoms with E-state index < -0.39 is 0 Å². The van der Waals surface area contributed by atoms with Gasteiger partial charge in [-0.3, -0.25) is 14.6 Å². The lowest BCUT2D eigenvalue weighted by atomic mass is 9.74. The number of amides is 2. The molecule has 158 valence electrons. The highest BCUT2D eigenvalue weighted by atomic mass is 16.2. The van der Waals surface area contributed by atoms with Crippen LogP contribution in [-0.4, -0.2) is 44.3 Å². The number of nitrogens with zero attached hydrogens (tertiary/aromatic N) is 4. The number of pyridine rings is 1. The van der Waals surface area contributed by atoms with Crippen molar-refractivity contribution in [2.24, 2.45) is 11.3 Å². The van der Waals surface area contributed by atoms with E-state index in [0.29, 0.717) is 12.4 Å². The van der Waals surface area contributed by atoms with Crippen molar-refractivity contribution in [3.05, 3.63) is 42.0 Å². The topological polar surface area (TPSA) is 88.1 Å². The van der Waals surface area contributed by atoms with E-state index in [1.165, 1.54) is 0 Å². The first-order valence-corrected chi connectivity index (χ1v) is 10.6. The van der Waals surface area contributed by atoms with Crippen LogP contribution in [0.25, 0.3) is 11.4 Å². The van der Waals surface area contributed by atoms with Crippen LogP contribution < -0.4 is 5.32 Å². The van der Waals surface area contributed by atoms with Crippen molar-refractivity contribution in [2.45, 2.75) is 59.0 Å². The fourth-order valence-corrected chi connectivity index (χ4v) is 4.51. The third-order valence-electron chi connectivity index (χ3n) is 6.09. The number of carbonyl (C=O) groups excluding carboxylic acids is 2. The lowest BCUT2D eigenvalue weighted by molar-refractivity contribution is -0.130. The van der Waals surface area contributed by atoms with Gasteiger partial charge in [-0.1, -0.05) is 13.8 Å². The van der Waals surface area contributed by atoms with Crippen LogP contribution >= 0.6 is 0 Å². The molecule has 0 spiro atoms. The highest BCUT2D eigenvalue weighted by molar-refractivity contribution is 5.89. The van der Waals surface area contributed by atoms with Gasteiger partial charge < -0.3 is 10.2 Å². The summed E-state index contributed by atoms with van der Waals surface area (Å²) in [6, 6.07) is 3.76. The zero-order valence-corrected chi connectivity index (χ0v) is 18.1. The third kappa shape index (κ3) is 4.06. The molecule has 0 aromatic carbocycles. The van der Waals surface area contributed by atoms with Gasteiger partial charge >= 0.3 is 0 Å². The van der Waals surface area contributed by atoms with Gasteiger partial charge in [0, 0.05) is 48.7 Å². The van der Waals surface area contributed by atoms with Crippen molar-refractivity contribution in [3.8, 4) is 11.4 Å². The van der Waals surface area contributed by atoms with Crippen LogP contribution in [0.5, 0.6) is 0 Å². The molecule has 2 atom stereocenters. The third-order valence-corrected chi connectivity index (χ3v) is 6.09. The Kier molecular flexibility index (Phi) is 5.30. The molecule has 0 radical (unpaired) electrons. The Bertz CT molecular complexity index is 957. The summed E-state index contributed by atoms with van der Waals surface area (Å²) in [5.74, 6) is 0.372. The second kappa shape index (κ2) is 7.78. The van der Waals surface area contributed by atoms with Crippen LogP contribution in [-0.2, 0) is 16.0 Å². The van der Waals surface area contributed by atoms with E-state index in [1.807, 2.05) is 32.2 Å². The second-order valence-corrected chi connectivity index (χ2v) is 9.48. The molecule has 7 nitrogen and oxygen atoms in total. The summed E-state index contributed by atoms with van der Waals surface area (Å²) in [4.78, 5) is 40.4. The van der Waals surface area contributed by atoms with Gasteiger partial charge in [0.25, 0.3) is 0 Å². The van der Waals surface area contributed by atoms with Crippen molar-refractivity contribution in [2.75, 3.05) is 6.54 Å². The average Bonchev–Trinajstić information content (AvgIpc) is 3.09. The maximum atomic E-state index is 13.0. The molecule has 4 rings (SSSR count). The van der Waals surface area contributed by atoms with E-state index in [2.05, 4.69) is 29.1 Å². The summed E-state index contributed by atoms with van der Waals surface area (Å²) in [5.41, 5.74) is 2.88. The molecule has 2 aromatic rings. The van der Waals surface area contributed by atoms with Gasteiger partial charge in [-0.2, -0.15) is 0 Å². The number of aromatic nitrogens is 3. The molecule has 3 heterocycles. The first-order chi connectivity index (χ1) is 14.2. The van der Waals surface area contributed by atoms with Gasteiger partial charge in [0.2, 0.25) is 11.8 Å². The molecule has 30 heavy (non-hydrogen) atoms. The molecular weight excluding hydrogens is 378 g/mol. The summed E-state index contributed by atoms with van der Waals surface area (Å²) in [7, 11) is 0. The molecule has 1 saturated heterocycles. The fourth-order valence-electron chi connectivity index (χ4n) is 4.51. The van der Waals surface area contributed by atoms with Gasteiger partial charge in [0.1, 0.15) is 0 Å². The Morgan fingerprint density at radius 2 is 2.00 bits per heavy atom. The van der Waals surface area contributed by atoms with E-state index in [1.54, 1.807) is 17.3 Å². The molecule has 2 aromatic heterocycles. The van der Waals surface area contributed by atoms with Gasteiger partial charge in [0.05, 0.1) is 17.7 Å². The first-order valence-electron chi connectivity index (χ1n) is 10.6. The number of fused-ring (bicyclic) bond motifs is 1.